The van der Waals surface area contributed by atoms with Gasteiger partial charge >= 0.3 is 0 Å². The van der Waals surface area contributed by atoms with Crippen molar-refractivity contribution in [3.05, 3.63) is 41.4 Å². The van der Waals surface area contributed by atoms with Crippen molar-refractivity contribution in [1.29, 1.82) is 0 Å². The van der Waals surface area contributed by atoms with Crippen molar-refractivity contribution in [2.24, 2.45) is 0 Å². The van der Waals surface area contributed by atoms with E-state index in [0.717, 1.165) is 48.9 Å². The fourth-order valence-corrected chi connectivity index (χ4v) is 6.20. The summed E-state index contributed by atoms with van der Waals surface area (Å²) in [6.45, 7) is 3.12. The van der Waals surface area contributed by atoms with Crippen LogP contribution in [0, 0.1) is 0 Å². The number of nitrogens with zero attached hydrogens (tertiary/aromatic N) is 4. The average Bonchev–Trinajstić information content (AvgIpc) is 3.27. The minimum Gasteiger partial charge on any atom is -0.346 e. The third-order valence-electron chi connectivity index (χ3n) is 6.46. The Balaban J connectivity index is 1.37. The number of amides is 2. The molecule has 1 aromatic carbocycles. The number of benzene rings is 1. The van der Waals surface area contributed by atoms with E-state index >= 15 is 0 Å². The molecule has 2 aromatic rings. The highest BCUT2D eigenvalue weighted by Gasteiger charge is 2.25. The summed E-state index contributed by atoms with van der Waals surface area (Å²) in [6.07, 6.45) is 8.66. The number of aromatic nitrogens is 1. The molecule has 2 fully saturated rings. The van der Waals surface area contributed by atoms with Crippen LogP contribution in [0.15, 0.2) is 40.7 Å². The lowest BCUT2D eigenvalue weighted by atomic mass is 9.94. The molecule has 0 bridgehead atoms. The Kier molecular flexibility index (Phi) is 8.08. The van der Waals surface area contributed by atoms with Crippen molar-refractivity contribution in [3.63, 3.8) is 0 Å². The summed E-state index contributed by atoms with van der Waals surface area (Å²) in [4.78, 5) is 37.6. The minimum atomic E-state index is 0.0576. The number of thioether (sulfide) groups is 1. The molecule has 1 saturated carbocycles. The number of hydrogen-bond donors (Lipinski definition) is 0. The summed E-state index contributed by atoms with van der Waals surface area (Å²) in [5.41, 5.74) is 0.702. The van der Waals surface area contributed by atoms with Gasteiger partial charge in [0.2, 0.25) is 5.91 Å². The standard InChI is InChI=1S/C24H32N4O2S2/c1-26(19-8-3-2-4-9-19)22(29)18-32-21-11-6-5-10-20(21)23(30)27-13-7-14-28(16-15-27)24-25-12-17-31-24/h5-6,10-12,17,19H,2-4,7-9,13-16,18H2,1H3. The molecule has 6 nitrogen and oxygen atoms in total. The molecule has 1 aromatic heterocycles. The lowest BCUT2D eigenvalue weighted by Gasteiger charge is -2.31. The molecule has 1 aliphatic carbocycles. The number of hydrogen-bond acceptors (Lipinski definition) is 6. The summed E-state index contributed by atoms with van der Waals surface area (Å²) >= 11 is 3.13. The summed E-state index contributed by atoms with van der Waals surface area (Å²) in [5.74, 6) is 0.579. The minimum absolute atomic E-state index is 0.0576. The van der Waals surface area contributed by atoms with Crippen LogP contribution in [0.5, 0.6) is 0 Å². The molecule has 2 aliphatic rings. The van der Waals surface area contributed by atoms with E-state index in [-0.39, 0.29) is 11.8 Å². The first-order valence-corrected chi connectivity index (χ1v) is 13.4. The second-order valence-electron chi connectivity index (χ2n) is 8.53. The van der Waals surface area contributed by atoms with Gasteiger partial charge in [0.05, 0.1) is 11.3 Å². The van der Waals surface area contributed by atoms with E-state index in [1.165, 1.54) is 31.0 Å². The Bertz CT molecular complexity index is 899. The Morgan fingerprint density at radius 1 is 1.09 bits per heavy atom. The molecule has 172 valence electrons. The molecule has 0 atom stereocenters. The van der Waals surface area contributed by atoms with Crippen LogP contribution in [0.2, 0.25) is 0 Å². The smallest absolute Gasteiger partial charge is 0.255 e. The molecule has 8 heteroatoms. The maximum Gasteiger partial charge on any atom is 0.255 e. The van der Waals surface area contributed by atoms with Gasteiger partial charge in [0.1, 0.15) is 0 Å². The number of anilines is 1. The maximum absolute atomic E-state index is 13.4. The van der Waals surface area contributed by atoms with Crippen molar-refractivity contribution < 1.29 is 9.59 Å². The predicted octanol–water partition coefficient (Wildman–Crippen LogP) is 4.38. The third kappa shape index (κ3) is 5.64. The Labute approximate surface area is 199 Å². The van der Waals surface area contributed by atoms with Gasteiger partial charge in [0, 0.05) is 55.7 Å². The maximum atomic E-state index is 13.4. The molecule has 0 unspecified atom stereocenters. The van der Waals surface area contributed by atoms with Gasteiger partial charge in [0.15, 0.2) is 5.13 Å². The van der Waals surface area contributed by atoms with Gasteiger partial charge in [-0.1, -0.05) is 31.4 Å². The monoisotopic (exact) mass is 472 g/mol. The number of carbonyl (C=O) groups excluding carboxylic acids is 2. The van der Waals surface area contributed by atoms with Gasteiger partial charge in [-0.15, -0.1) is 23.1 Å². The fourth-order valence-electron chi connectivity index (χ4n) is 4.54. The van der Waals surface area contributed by atoms with Crippen LogP contribution in [0.4, 0.5) is 5.13 Å². The second kappa shape index (κ2) is 11.2. The molecular weight excluding hydrogens is 440 g/mol. The molecule has 1 aliphatic heterocycles. The molecule has 0 radical (unpaired) electrons. The quantitative estimate of drug-likeness (QED) is 0.584. The number of rotatable bonds is 6. The van der Waals surface area contributed by atoms with E-state index in [4.69, 9.17) is 0 Å². The van der Waals surface area contributed by atoms with E-state index < -0.39 is 0 Å². The first-order chi connectivity index (χ1) is 15.6. The first kappa shape index (κ1) is 23.1. The van der Waals surface area contributed by atoms with Crippen LogP contribution in [0.1, 0.15) is 48.9 Å². The fraction of sp³-hybridized carbons (Fsp3) is 0.542. The summed E-state index contributed by atoms with van der Waals surface area (Å²) < 4.78 is 0. The summed E-state index contributed by atoms with van der Waals surface area (Å²) in [6, 6.07) is 8.08. The van der Waals surface area contributed by atoms with E-state index in [0.29, 0.717) is 23.9 Å². The van der Waals surface area contributed by atoms with Gasteiger partial charge in [-0.3, -0.25) is 9.59 Å². The predicted molar refractivity (Wildman–Crippen MR) is 132 cm³/mol. The van der Waals surface area contributed by atoms with Crippen molar-refractivity contribution >= 4 is 40.0 Å². The molecule has 1 saturated heterocycles. The van der Waals surface area contributed by atoms with Crippen LogP contribution in [-0.2, 0) is 4.79 Å². The van der Waals surface area contributed by atoms with Gasteiger partial charge < -0.3 is 14.7 Å². The van der Waals surface area contributed by atoms with Crippen LogP contribution in [0.25, 0.3) is 0 Å². The molecule has 4 rings (SSSR count). The molecule has 2 amide bonds. The van der Waals surface area contributed by atoms with Crippen molar-refractivity contribution in [2.75, 3.05) is 43.9 Å². The van der Waals surface area contributed by atoms with Gasteiger partial charge in [-0.2, -0.15) is 0 Å². The topological polar surface area (TPSA) is 56.8 Å². The molecule has 32 heavy (non-hydrogen) atoms. The number of thiazole rings is 1. The zero-order chi connectivity index (χ0) is 22.3. The highest BCUT2D eigenvalue weighted by atomic mass is 32.2. The van der Waals surface area contributed by atoms with E-state index in [2.05, 4.69) is 9.88 Å². The van der Waals surface area contributed by atoms with Crippen LogP contribution >= 0.6 is 23.1 Å². The summed E-state index contributed by atoms with van der Waals surface area (Å²) in [7, 11) is 1.93. The molecule has 2 heterocycles. The second-order valence-corrected chi connectivity index (χ2v) is 10.4. The zero-order valence-corrected chi connectivity index (χ0v) is 20.4. The van der Waals surface area contributed by atoms with Crippen LogP contribution in [0.3, 0.4) is 0 Å². The average molecular weight is 473 g/mol. The Morgan fingerprint density at radius 2 is 1.91 bits per heavy atom. The highest BCUT2D eigenvalue weighted by molar-refractivity contribution is 8.00. The largest absolute Gasteiger partial charge is 0.346 e. The van der Waals surface area contributed by atoms with Crippen molar-refractivity contribution in [1.82, 2.24) is 14.8 Å². The van der Waals surface area contributed by atoms with E-state index in [1.54, 1.807) is 11.3 Å². The van der Waals surface area contributed by atoms with Crippen LogP contribution in [-0.4, -0.2) is 71.6 Å². The van der Waals surface area contributed by atoms with Gasteiger partial charge in [-0.05, 0) is 31.4 Å². The Morgan fingerprint density at radius 3 is 2.69 bits per heavy atom. The molecular formula is C24H32N4O2S2. The van der Waals surface area contributed by atoms with Gasteiger partial charge in [0.25, 0.3) is 5.91 Å². The third-order valence-corrected chi connectivity index (χ3v) is 8.35. The first-order valence-electron chi connectivity index (χ1n) is 11.5. The highest BCUT2D eigenvalue weighted by Crippen LogP contribution is 2.27. The zero-order valence-electron chi connectivity index (χ0n) is 18.7. The SMILES string of the molecule is CN(C(=O)CSc1ccccc1C(=O)N1CCCN(c2nccs2)CC1)C1CCCCC1. The Hall–Kier alpha value is -2.06. The molecule has 0 N–H and O–H groups in total. The van der Waals surface area contributed by atoms with E-state index in [9.17, 15) is 9.59 Å². The molecule has 0 spiro atoms. The van der Waals surface area contributed by atoms with Crippen molar-refractivity contribution in [2.45, 2.75) is 49.5 Å². The van der Waals surface area contributed by atoms with Crippen molar-refractivity contribution in [3.8, 4) is 0 Å². The summed E-state index contributed by atoms with van der Waals surface area (Å²) in [5, 5.41) is 3.01. The van der Waals surface area contributed by atoms with Gasteiger partial charge in [-0.25, -0.2) is 4.98 Å². The lowest BCUT2D eigenvalue weighted by molar-refractivity contribution is -0.129. The normalized spacial score (nSPS) is 17.8. The van der Waals surface area contributed by atoms with Crippen LogP contribution < -0.4 is 4.90 Å². The van der Waals surface area contributed by atoms with E-state index in [1.807, 2.05) is 52.7 Å². The lowest BCUT2D eigenvalue weighted by Crippen LogP contribution is -2.39. The number of carbonyl (C=O) groups is 2.